The van der Waals surface area contributed by atoms with Crippen LogP contribution in [0.2, 0.25) is 5.15 Å². The van der Waals surface area contributed by atoms with Crippen LogP contribution in [-0.2, 0) is 0 Å². The predicted octanol–water partition coefficient (Wildman–Crippen LogP) is 3.48. The van der Waals surface area contributed by atoms with Gasteiger partial charge in [0, 0.05) is 18.7 Å². The van der Waals surface area contributed by atoms with E-state index in [1.807, 2.05) is 12.3 Å². The van der Waals surface area contributed by atoms with Gasteiger partial charge in [-0.3, -0.25) is 0 Å². The molecule has 0 radical (unpaired) electrons. The molecule has 90 valence electrons. The normalized spacial score (nSPS) is 12.6. The van der Waals surface area contributed by atoms with Gasteiger partial charge in [0.25, 0.3) is 0 Å². The van der Waals surface area contributed by atoms with Crippen molar-refractivity contribution >= 4 is 29.2 Å². The fourth-order valence-corrected chi connectivity index (χ4v) is 2.15. The maximum absolute atomic E-state index is 5.99. The van der Waals surface area contributed by atoms with E-state index < -0.39 is 0 Å². The highest BCUT2D eigenvalue weighted by atomic mass is 35.5. The highest BCUT2D eigenvalue weighted by Gasteiger charge is 2.14. The smallest absolute Gasteiger partial charge is 0.190 e. The molecule has 1 rings (SSSR count). The Labute approximate surface area is 107 Å². The number of hydrogen-bond acceptors (Lipinski definition) is 4. The lowest BCUT2D eigenvalue weighted by atomic mass is 10.2. The second-order valence-corrected chi connectivity index (χ2v) is 4.74. The zero-order valence-electron chi connectivity index (χ0n) is 10.2. The summed E-state index contributed by atoms with van der Waals surface area (Å²) < 4.78 is 0. The fraction of sp³-hybridized carbons (Fsp3) is 0.636. The van der Waals surface area contributed by atoms with Gasteiger partial charge in [-0.25, -0.2) is 9.97 Å². The molecule has 0 aliphatic rings. The average Bonchev–Trinajstić information content (AvgIpc) is 2.29. The highest BCUT2D eigenvalue weighted by Crippen LogP contribution is 2.22. The van der Waals surface area contributed by atoms with Crippen molar-refractivity contribution < 1.29 is 0 Å². The third-order valence-corrected chi connectivity index (χ3v) is 3.34. The van der Waals surface area contributed by atoms with E-state index >= 15 is 0 Å². The Kier molecular flexibility index (Phi) is 5.35. The maximum atomic E-state index is 5.99. The largest absolute Gasteiger partial charge is 0.354 e. The molecule has 1 aromatic rings. The van der Waals surface area contributed by atoms with Crippen molar-refractivity contribution in [3.63, 3.8) is 0 Å². The Hall–Kier alpha value is -0.480. The van der Waals surface area contributed by atoms with E-state index in [1.54, 1.807) is 0 Å². The molecule has 1 heterocycles. The van der Waals surface area contributed by atoms with Gasteiger partial charge in [-0.1, -0.05) is 30.3 Å². The van der Waals surface area contributed by atoms with Crippen molar-refractivity contribution in [3.8, 4) is 0 Å². The summed E-state index contributed by atoms with van der Waals surface area (Å²) in [7, 11) is 0. The number of anilines is 1. The van der Waals surface area contributed by atoms with E-state index in [1.165, 1.54) is 11.8 Å². The first-order valence-corrected chi connectivity index (χ1v) is 7.07. The molecule has 0 aromatic carbocycles. The van der Waals surface area contributed by atoms with Crippen LogP contribution < -0.4 is 4.90 Å². The molecule has 1 atom stereocenters. The van der Waals surface area contributed by atoms with Crippen LogP contribution in [0.1, 0.15) is 27.2 Å². The van der Waals surface area contributed by atoms with Crippen LogP contribution in [-0.4, -0.2) is 28.8 Å². The highest BCUT2D eigenvalue weighted by molar-refractivity contribution is 7.98. The summed E-state index contributed by atoms with van der Waals surface area (Å²) in [6.07, 6.45) is 3.04. The molecule has 0 bridgehead atoms. The minimum atomic E-state index is 0.464. The van der Waals surface area contributed by atoms with Gasteiger partial charge >= 0.3 is 0 Å². The quantitative estimate of drug-likeness (QED) is 0.460. The standard InChI is InChI=1S/C11H18ClN3S/c1-5-8(3)15(6-2)10-7-9(12)13-11(14-10)16-4/h7-8H,5-6H2,1-4H3. The number of thioether (sulfide) groups is 1. The number of halogens is 1. The van der Waals surface area contributed by atoms with Gasteiger partial charge in [-0.2, -0.15) is 0 Å². The Morgan fingerprint density at radius 3 is 2.62 bits per heavy atom. The molecule has 16 heavy (non-hydrogen) atoms. The lowest BCUT2D eigenvalue weighted by Crippen LogP contribution is -2.33. The Balaban J connectivity index is 3.04. The first kappa shape index (κ1) is 13.6. The molecule has 1 aromatic heterocycles. The maximum Gasteiger partial charge on any atom is 0.190 e. The lowest BCUT2D eigenvalue weighted by Gasteiger charge is -2.28. The predicted molar refractivity (Wildman–Crippen MR) is 71.6 cm³/mol. The van der Waals surface area contributed by atoms with Gasteiger partial charge in [0.1, 0.15) is 11.0 Å². The molecule has 0 spiro atoms. The third-order valence-electron chi connectivity index (χ3n) is 2.60. The third kappa shape index (κ3) is 3.25. The second-order valence-electron chi connectivity index (χ2n) is 3.58. The van der Waals surface area contributed by atoms with Crippen LogP contribution >= 0.6 is 23.4 Å². The van der Waals surface area contributed by atoms with Crippen molar-refractivity contribution in [1.82, 2.24) is 9.97 Å². The molecular formula is C11H18ClN3S. The van der Waals surface area contributed by atoms with E-state index in [9.17, 15) is 0 Å². The molecule has 0 N–H and O–H groups in total. The SMILES string of the molecule is CCC(C)N(CC)c1cc(Cl)nc(SC)n1. The minimum absolute atomic E-state index is 0.464. The van der Waals surface area contributed by atoms with E-state index in [-0.39, 0.29) is 0 Å². The van der Waals surface area contributed by atoms with E-state index in [4.69, 9.17) is 11.6 Å². The summed E-state index contributed by atoms with van der Waals surface area (Å²) in [6.45, 7) is 7.42. The number of rotatable bonds is 5. The second kappa shape index (κ2) is 6.30. The number of hydrogen-bond donors (Lipinski definition) is 0. The summed E-state index contributed by atoms with van der Waals surface area (Å²) in [5, 5.41) is 1.24. The van der Waals surface area contributed by atoms with Crippen LogP contribution in [0.5, 0.6) is 0 Å². The van der Waals surface area contributed by atoms with Crippen LogP contribution in [0.3, 0.4) is 0 Å². The molecule has 0 fully saturated rings. The molecular weight excluding hydrogens is 242 g/mol. The summed E-state index contributed by atoms with van der Waals surface area (Å²) in [5.41, 5.74) is 0. The zero-order valence-corrected chi connectivity index (χ0v) is 11.8. The first-order valence-electron chi connectivity index (χ1n) is 5.47. The number of nitrogens with zero attached hydrogens (tertiary/aromatic N) is 3. The summed E-state index contributed by atoms with van der Waals surface area (Å²) >= 11 is 7.50. The molecule has 1 unspecified atom stereocenters. The van der Waals surface area contributed by atoms with E-state index in [0.717, 1.165) is 23.9 Å². The van der Waals surface area contributed by atoms with Gasteiger partial charge in [0.05, 0.1) is 0 Å². The van der Waals surface area contributed by atoms with Gasteiger partial charge < -0.3 is 4.90 Å². The topological polar surface area (TPSA) is 29.0 Å². The monoisotopic (exact) mass is 259 g/mol. The van der Waals surface area contributed by atoms with Crippen LogP contribution in [0, 0.1) is 0 Å². The molecule has 0 aliphatic heterocycles. The van der Waals surface area contributed by atoms with Crippen LogP contribution in [0.15, 0.2) is 11.2 Å². The summed E-state index contributed by atoms with van der Waals surface area (Å²) in [5.74, 6) is 0.918. The van der Waals surface area contributed by atoms with E-state index in [0.29, 0.717) is 11.2 Å². The van der Waals surface area contributed by atoms with Gasteiger partial charge in [0.2, 0.25) is 0 Å². The first-order chi connectivity index (χ1) is 7.62. The molecule has 5 heteroatoms. The van der Waals surface area contributed by atoms with Gasteiger partial charge in [0.15, 0.2) is 5.16 Å². The van der Waals surface area contributed by atoms with E-state index in [2.05, 4.69) is 35.6 Å². The lowest BCUT2D eigenvalue weighted by molar-refractivity contribution is 0.619. The van der Waals surface area contributed by atoms with Gasteiger partial charge in [-0.15, -0.1) is 0 Å². The van der Waals surface area contributed by atoms with Crippen molar-refractivity contribution in [3.05, 3.63) is 11.2 Å². The molecule has 0 amide bonds. The van der Waals surface area contributed by atoms with Gasteiger partial charge in [-0.05, 0) is 26.5 Å². The fourth-order valence-electron chi connectivity index (χ4n) is 1.54. The zero-order chi connectivity index (χ0) is 12.1. The molecule has 0 saturated carbocycles. The van der Waals surface area contributed by atoms with Crippen molar-refractivity contribution in [2.24, 2.45) is 0 Å². The minimum Gasteiger partial charge on any atom is -0.354 e. The summed E-state index contributed by atoms with van der Waals surface area (Å²) in [6, 6.07) is 2.29. The molecule has 0 aliphatic carbocycles. The van der Waals surface area contributed by atoms with Crippen molar-refractivity contribution in [2.75, 3.05) is 17.7 Å². The van der Waals surface area contributed by atoms with Crippen molar-refractivity contribution in [1.29, 1.82) is 0 Å². The molecule has 3 nitrogen and oxygen atoms in total. The average molecular weight is 260 g/mol. The Morgan fingerprint density at radius 1 is 1.44 bits per heavy atom. The van der Waals surface area contributed by atoms with Crippen molar-refractivity contribution in [2.45, 2.75) is 38.4 Å². The number of aromatic nitrogens is 2. The Bertz CT molecular complexity index is 346. The molecule has 0 saturated heterocycles. The van der Waals surface area contributed by atoms with Crippen LogP contribution in [0.25, 0.3) is 0 Å². The summed E-state index contributed by atoms with van der Waals surface area (Å²) in [4.78, 5) is 10.9. The van der Waals surface area contributed by atoms with Crippen LogP contribution in [0.4, 0.5) is 5.82 Å². The Morgan fingerprint density at radius 2 is 2.12 bits per heavy atom.